The van der Waals surface area contributed by atoms with Crippen molar-refractivity contribution in [3.63, 3.8) is 0 Å². The van der Waals surface area contributed by atoms with Crippen molar-refractivity contribution in [1.82, 2.24) is 0 Å². The predicted molar refractivity (Wildman–Crippen MR) is 61.3 cm³/mol. The number of ketones is 1. The van der Waals surface area contributed by atoms with Gasteiger partial charge in [-0.25, -0.2) is 0 Å². The Kier molecular flexibility index (Phi) is 2.95. The lowest BCUT2D eigenvalue weighted by molar-refractivity contribution is 0.0884. The number of carbonyl (C=O) groups excluding carboxylic acids is 1. The number of ether oxygens (including phenoxy) is 1. The van der Waals surface area contributed by atoms with Gasteiger partial charge in [-0.15, -0.1) is 0 Å². The molecular formula is C13H14O3. The van der Waals surface area contributed by atoms with E-state index in [9.17, 15) is 9.90 Å². The fourth-order valence-electron chi connectivity index (χ4n) is 1.76. The summed E-state index contributed by atoms with van der Waals surface area (Å²) in [5.41, 5.74) is 1.08. The number of aromatic hydroxyl groups is 1. The van der Waals surface area contributed by atoms with Crippen LogP contribution in [-0.2, 0) is 4.74 Å². The molecule has 0 radical (unpaired) electrons. The minimum absolute atomic E-state index is 0.0615. The van der Waals surface area contributed by atoms with Gasteiger partial charge in [0.05, 0.1) is 5.56 Å². The SMILES string of the molecule is CCC/C=C1/OCC(=O)c2cccc(O)c21. The van der Waals surface area contributed by atoms with Crippen molar-refractivity contribution >= 4 is 11.5 Å². The van der Waals surface area contributed by atoms with Crippen LogP contribution < -0.4 is 0 Å². The predicted octanol–water partition coefficient (Wildman–Crippen LogP) is 2.75. The molecule has 0 amide bonds. The molecule has 0 spiro atoms. The fourth-order valence-corrected chi connectivity index (χ4v) is 1.76. The molecule has 3 nitrogen and oxygen atoms in total. The Morgan fingerprint density at radius 2 is 2.31 bits per heavy atom. The van der Waals surface area contributed by atoms with E-state index in [2.05, 4.69) is 6.92 Å². The first kappa shape index (κ1) is 10.7. The summed E-state index contributed by atoms with van der Waals surface area (Å²) in [7, 11) is 0. The van der Waals surface area contributed by atoms with Crippen molar-refractivity contribution < 1.29 is 14.6 Å². The van der Waals surface area contributed by atoms with Crippen LogP contribution in [0.15, 0.2) is 24.3 Å². The highest BCUT2D eigenvalue weighted by Crippen LogP contribution is 2.33. The normalized spacial score (nSPS) is 17.1. The summed E-state index contributed by atoms with van der Waals surface area (Å²) in [4.78, 5) is 11.6. The van der Waals surface area contributed by atoms with Gasteiger partial charge in [0.2, 0.25) is 5.78 Å². The molecule has 2 rings (SSSR count). The van der Waals surface area contributed by atoms with Gasteiger partial charge in [-0.1, -0.05) is 25.5 Å². The number of allylic oxidation sites excluding steroid dienone is 1. The summed E-state index contributed by atoms with van der Waals surface area (Å²) < 4.78 is 5.35. The van der Waals surface area contributed by atoms with E-state index < -0.39 is 0 Å². The minimum Gasteiger partial charge on any atom is -0.507 e. The van der Waals surface area contributed by atoms with Crippen LogP contribution in [0.4, 0.5) is 0 Å². The molecule has 0 aromatic heterocycles. The molecule has 0 unspecified atom stereocenters. The Bertz CT molecular complexity index is 446. The number of hydrogen-bond donors (Lipinski definition) is 1. The summed E-state index contributed by atoms with van der Waals surface area (Å²) in [6.45, 7) is 2.13. The van der Waals surface area contributed by atoms with Crippen LogP contribution in [0.2, 0.25) is 0 Å². The second-order valence-electron chi connectivity index (χ2n) is 3.77. The zero-order valence-electron chi connectivity index (χ0n) is 9.19. The second-order valence-corrected chi connectivity index (χ2v) is 3.77. The largest absolute Gasteiger partial charge is 0.507 e. The van der Waals surface area contributed by atoms with E-state index in [0.717, 1.165) is 12.8 Å². The van der Waals surface area contributed by atoms with Crippen LogP contribution in [0.5, 0.6) is 5.75 Å². The molecule has 16 heavy (non-hydrogen) atoms. The van der Waals surface area contributed by atoms with E-state index in [1.807, 2.05) is 6.08 Å². The summed E-state index contributed by atoms with van der Waals surface area (Å²) in [6, 6.07) is 4.97. The van der Waals surface area contributed by atoms with Crippen LogP contribution in [0.1, 0.15) is 35.7 Å². The van der Waals surface area contributed by atoms with Crippen molar-refractivity contribution in [1.29, 1.82) is 0 Å². The molecule has 0 fully saturated rings. The molecule has 1 heterocycles. The van der Waals surface area contributed by atoms with E-state index >= 15 is 0 Å². The van der Waals surface area contributed by atoms with Crippen molar-refractivity contribution in [3.8, 4) is 5.75 Å². The second kappa shape index (κ2) is 4.39. The van der Waals surface area contributed by atoms with Crippen LogP contribution >= 0.6 is 0 Å². The number of phenolic OH excluding ortho intramolecular Hbond substituents is 1. The maximum atomic E-state index is 11.6. The molecule has 1 aromatic carbocycles. The van der Waals surface area contributed by atoms with E-state index in [-0.39, 0.29) is 18.1 Å². The Labute approximate surface area is 94.4 Å². The highest BCUT2D eigenvalue weighted by molar-refractivity contribution is 6.04. The molecule has 0 aliphatic carbocycles. The topological polar surface area (TPSA) is 46.5 Å². The third kappa shape index (κ3) is 1.81. The average Bonchev–Trinajstić information content (AvgIpc) is 2.29. The molecule has 1 aliphatic heterocycles. The number of carbonyl (C=O) groups is 1. The van der Waals surface area contributed by atoms with Gasteiger partial charge in [-0.05, 0) is 18.6 Å². The lowest BCUT2D eigenvalue weighted by atomic mass is 9.98. The van der Waals surface area contributed by atoms with Crippen LogP contribution in [0.3, 0.4) is 0 Å². The van der Waals surface area contributed by atoms with E-state index in [1.165, 1.54) is 0 Å². The van der Waals surface area contributed by atoms with Gasteiger partial charge in [0.25, 0.3) is 0 Å². The fraction of sp³-hybridized carbons (Fsp3) is 0.308. The monoisotopic (exact) mass is 218 g/mol. The number of fused-ring (bicyclic) bond motifs is 1. The summed E-state index contributed by atoms with van der Waals surface area (Å²) in [5.74, 6) is 0.641. The molecule has 1 aliphatic rings. The molecule has 84 valence electrons. The minimum atomic E-state index is -0.0838. The lowest BCUT2D eigenvalue weighted by Gasteiger charge is -2.20. The number of Topliss-reactive ketones (excluding diaryl/α,β-unsaturated/α-hetero) is 1. The van der Waals surface area contributed by atoms with Gasteiger partial charge < -0.3 is 9.84 Å². The molecule has 0 saturated carbocycles. The Hall–Kier alpha value is -1.77. The van der Waals surface area contributed by atoms with E-state index in [0.29, 0.717) is 16.9 Å². The maximum absolute atomic E-state index is 11.6. The number of unbranched alkanes of at least 4 members (excludes halogenated alkanes) is 1. The Morgan fingerprint density at radius 3 is 3.06 bits per heavy atom. The number of hydrogen-bond acceptors (Lipinski definition) is 3. The van der Waals surface area contributed by atoms with E-state index in [1.54, 1.807) is 18.2 Å². The quantitative estimate of drug-likeness (QED) is 0.830. The molecule has 0 saturated heterocycles. The zero-order chi connectivity index (χ0) is 11.5. The Balaban J connectivity index is 2.50. The van der Waals surface area contributed by atoms with Crippen molar-refractivity contribution in [2.45, 2.75) is 19.8 Å². The highest BCUT2D eigenvalue weighted by atomic mass is 16.5. The van der Waals surface area contributed by atoms with Crippen molar-refractivity contribution in [2.24, 2.45) is 0 Å². The summed E-state index contributed by atoms with van der Waals surface area (Å²) in [5, 5.41) is 9.77. The summed E-state index contributed by atoms with van der Waals surface area (Å²) >= 11 is 0. The lowest BCUT2D eigenvalue weighted by Crippen LogP contribution is -2.17. The number of rotatable bonds is 2. The van der Waals surface area contributed by atoms with Gasteiger partial charge in [-0.2, -0.15) is 0 Å². The molecule has 3 heteroatoms. The van der Waals surface area contributed by atoms with Gasteiger partial charge in [-0.3, -0.25) is 4.79 Å². The number of benzene rings is 1. The van der Waals surface area contributed by atoms with E-state index in [4.69, 9.17) is 4.74 Å². The zero-order valence-corrected chi connectivity index (χ0v) is 9.19. The van der Waals surface area contributed by atoms with Gasteiger partial charge in [0.15, 0.2) is 6.61 Å². The highest BCUT2D eigenvalue weighted by Gasteiger charge is 2.24. The molecule has 0 bridgehead atoms. The first-order valence-electron chi connectivity index (χ1n) is 5.42. The van der Waals surface area contributed by atoms with Gasteiger partial charge in [0, 0.05) is 5.56 Å². The molecule has 0 atom stereocenters. The van der Waals surface area contributed by atoms with Gasteiger partial charge in [0.1, 0.15) is 11.5 Å². The smallest absolute Gasteiger partial charge is 0.201 e. The number of phenols is 1. The maximum Gasteiger partial charge on any atom is 0.201 e. The first-order chi connectivity index (χ1) is 7.74. The summed E-state index contributed by atoms with van der Waals surface area (Å²) in [6.07, 6.45) is 3.80. The van der Waals surface area contributed by atoms with Crippen molar-refractivity contribution in [3.05, 3.63) is 35.4 Å². The van der Waals surface area contributed by atoms with Crippen LogP contribution in [0.25, 0.3) is 5.76 Å². The van der Waals surface area contributed by atoms with Gasteiger partial charge >= 0.3 is 0 Å². The third-order valence-electron chi connectivity index (χ3n) is 2.57. The standard InChI is InChI=1S/C13H14O3/c1-2-3-7-12-13-9(11(15)8-16-12)5-4-6-10(13)14/h4-7,14H,2-3,8H2,1H3/b12-7+. The first-order valence-corrected chi connectivity index (χ1v) is 5.42. The van der Waals surface area contributed by atoms with Crippen LogP contribution in [-0.4, -0.2) is 17.5 Å². The van der Waals surface area contributed by atoms with Crippen LogP contribution in [0, 0.1) is 0 Å². The Morgan fingerprint density at radius 1 is 1.50 bits per heavy atom. The molecule has 1 aromatic rings. The molecule has 1 N–H and O–H groups in total. The third-order valence-corrected chi connectivity index (χ3v) is 2.57. The average molecular weight is 218 g/mol. The van der Waals surface area contributed by atoms with Crippen molar-refractivity contribution in [2.75, 3.05) is 6.61 Å². The molecular weight excluding hydrogens is 204 g/mol.